The highest BCUT2D eigenvalue weighted by molar-refractivity contribution is 7.17. The van der Waals surface area contributed by atoms with Gasteiger partial charge in [-0.05, 0) is 19.8 Å². The van der Waals surface area contributed by atoms with E-state index >= 15 is 0 Å². The molecule has 0 spiro atoms. The van der Waals surface area contributed by atoms with Crippen LogP contribution in [0.3, 0.4) is 0 Å². The zero-order chi connectivity index (χ0) is 15.3. The van der Waals surface area contributed by atoms with Crippen LogP contribution in [0.25, 0.3) is 0 Å². The van der Waals surface area contributed by atoms with Crippen LogP contribution in [0, 0.1) is 12.3 Å². The summed E-state index contributed by atoms with van der Waals surface area (Å²) in [5, 5.41) is 13.3. The molecule has 0 atom stereocenters. The number of anilines is 1. The van der Waals surface area contributed by atoms with Crippen molar-refractivity contribution in [2.45, 2.75) is 33.6 Å². The lowest BCUT2D eigenvalue weighted by atomic mass is 9.83. The van der Waals surface area contributed by atoms with E-state index in [1.54, 1.807) is 0 Å². The van der Waals surface area contributed by atoms with E-state index in [0.29, 0.717) is 11.4 Å². The molecule has 0 aliphatic heterocycles. The van der Waals surface area contributed by atoms with E-state index in [1.165, 1.54) is 11.3 Å². The second-order valence-electron chi connectivity index (χ2n) is 5.35. The van der Waals surface area contributed by atoms with E-state index in [-0.39, 0.29) is 17.9 Å². The third-order valence-electron chi connectivity index (χ3n) is 3.83. The number of hydrogen-bond donors (Lipinski definition) is 2. The maximum absolute atomic E-state index is 12.3. The topological polar surface area (TPSA) is 65.5 Å². The molecule has 114 valence electrons. The minimum absolute atomic E-state index is 0.0882. The van der Waals surface area contributed by atoms with Crippen molar-refractivity contribution in [1.82, 2.24) is 10.3 Å². The highest BCUT2D eigenvalue weighted by atomic mass is 32.1. The van der Waals surface area contributed by atoms with Crippen LogP contribution in [0.5, 0.6) is 0 Å². The van der Waals surface area contributed by atoms with Gasteiger partial charge in [0.15, 0.2) is 5.13 Å². The second-order valence-corrected chi connectivity index (χ2v) is 6.33. The Morgan fingerprint density at radius 1 is 1.40 bits per heavy atom. The minimum atomic E-state index is -0.224. The zero-order valence-corrected chi connectivity index (χ0v) is 13.8. The molecular formula is C14H25N3O2S. The molecule has 1 aromatic heterocycles. The van der Waals surface area contributed by atoms with Crippen molar-refractivity contribution in [1.29, 1.82) is 0 Å². The van der Waals surface area contributed by atoms with Gasteiger partial charge in [0, 0.05) is 26.1 Å². The molecule has 0 bridgehead atoms. The highest BCUT2D eigenvalue weighted by Gasteiger charge is 2.27. The first-order valence-corrected chi connectivity index (χ1v) is 7.74. The van der Waals surface area contributed by atoms with Crippen molar-refractivity contribution in [2.24, 2.45) is 5.41 Å². The van der Waals surface area contributed by atoms with Gasteiger partial charge in [-0.25, -0.2) is 4.98 Å². The van der Waals surface area contributed by atoms with E-state index in [0.717, 1.165) is 23.7 Å². The molecule has 0 aromatic carbocycles. The Labute approximate surface area is 125 Å². The quantitative estimate of drug-likeness (QED) is 0.808. The number of carbonyl (C=O) groups excluding carboxylic acids is 1. The van der Waals surface area contributed by atoms with Crippen LogP contribution in [0.4, 0.5) is 5.13 Å². The van der Waals surface area contributed by atoms with Crippen LogP contribution in [-0.2, 0) is 0 Å². The van der Waals surface area contributed by atoms with Crippen molar-refractivity contribution >= 4 is 22.4 Å². The molecule has 2 N–H and O–H groups in total. The van der Waals surface area contributed by atoms with Crippen LogP contribution >= 0.6 is 11.3 Å². The fraction of sp³-hybridized carbons (Fsp3) is 0.714. The van der Waals surface area contributed by atoms with Crippen LogP contribution in [0.15, 0.2) is 0 Å². The molecule has 1 rings (SSSR count). The molecular weight excluding hydrogens is 274 g/mol. The summed E-state index contributed by atoms with van der Waals surface area (Å²) in [6.07, 6.45) is 1.68. The van der Waals surface area contributed by atoms with Gasteiger partial charge in [0.1, 0.15) is 4.88 Å². The Morgan fingerprint density at radius 2 is 2.00 bits per heavy atom. The smallest absolute Gasteiger partial charge is 0.263 e. The molecule has 20 heavy (non-hydrogen) atoms. The standard InChI is InChI=1S/C14H25N3O2S/c1-6-14(7-2,9-18)8-15-12(19)11-10(3)16-13(20-11)17(4)5/h18H,6-9H2,1-5H3,(H,15,19). The third-order valence-corrected chi connectivity index (χ3v) is 5.16. The Hall–Kier alpha value is -1.14. The summed E-state index contributed by atoms with van der Waals surface area (Å²) in [6, 6.07) is 0. The summed E-state index contributed by atoms with van der Waals surface area (Å²) < 4.78 is 0. The number of nitrogens with zero attached hydrogens (tertiary/aromatic N) is 2. The number of hydrogen-bond acceptors (Lipinski definition) is 5. The number of aliphatic hydroxyl groups excluding tert-OH is 1. The van der Waals surface area contributed by atoms with Gasteiger partial charge >= 0.3 is 0 Å². The van der Waals surface area contributed by atoms with Gasteiger partial charge in [0.25, 0.3) is 5.91 Å². The van der Waals surface area contributed by atoms with Crippen molar-refractivity contribution in [3.63, 3.8) is 0 Å². The predicted octanol–water partition coefficient (Wildman–Crippen LogP) is 2.05. The van der Waals surface area contributed by atoms with Crippen molar-refractivity contribution in [2.75, 3.05) is 32.1 Å². The molecule has 6 heteroatoms. The van der Waals surface area contributed by atoms with Crippen LogP contribution in [0.2, 0.25) is 0 Å². The van der Waals surface area contributed by atoms with Crippen molar-refractivity contribution in [3.05, 3.63) is 10.6 Å². The first-order chi connectivity index (χ1) is 9.39. The first-order valence-electron chi connectivity index (χ1n) is 6.93. The zero-order valence-electron chi connectivity index (χ0n) is 13.0. The largest absolute Gasteiger partial charge is 0.396 e. The molecule has 0 radical (unpaired) electrons. The average Bonchev–Trinajstić information content (AvgIpc) is 2.83. The molecule has 0 aliphatic rings. The van der Waals surface area contributed by atoms with E-state index in [4.69, 9.17) is 0 Å². The fourth-order valence-electron chi connectivity index (χ4n) is 1.91. The molecule has 1 aromatic rings. The minimum Gasteiger partial charge on any atom is -0.396 e. The Balaban J connectivity index is 2.77. The van der Waals surface area contributed by atoms with Gasteiger partial charge in [0.2, 0.25) is 0 Å². The average molecular weight is 299 g/mol. The fourth-order valence-corrected chi connectivity index (χ4v) is 2.82. The number of aryl methyl sites for hydroxylation is 1. The number of aliphatic hydroxyl groups is 1. The number of thiazole rings is 1. The molecule has 0 saturated heterocycles. The Bertz CT molecular complexity index is 445. The van der Waals surface area contributed by atoms with Crippen LogP contribution < -0.4 is 10.2 Å². The van der Waals surface area contributed by atoms with Gasteiger partial charge in [-0.2, -0.15) is 0 Å². The number of rotatable bonds is 7. The van der Waals surface area contributed by atoms with Crippen LogP contribution in [-0.4, -0.2) is 43.2 Å². The molecule has 1 heterocycles. The van der Waals surface area contributed by atoms with E-state index in [1.807, 2.05) is 39.8 Å². The summed E-state index contributed by atoms with van der Waals surface area (Å²) in [5.41, 5.74) is 0.525. The van der Waals surface area contributed by atoms with Crippen molar-refractivity contribution < 1.29 is 9.90 Å². The van der Waals surface area contributed by atoms with E-state index in [9.17, 15) is 9.90 Å². The molecule has 0 aliphatic carbocycles. The normalized spacial score (nSPS) is 11.5. The van der Waals surface area contributed by atoms with E-state index < -0.39 is 0 Å². The Kier molecular flexibility index (Phi) is 5.95. The van der Waals surface area contributed by atoms with Gasteiger partial charge in [-0.15, -0.1) is 0 Å². The van der Waals surface area contributed by atoms with Crippen LogP contribution in [0.1, 0.15) is 42.1 Å². The summed E-state index contributed by atoms with van der Waals surface area (Å²) in [7, 11) is 3.82. The molecule has 0 fully saturated rings. The van der Waals surface area contributed by atoms with Gasteiger partial charge in [-0.3, -0.25) is 4.79 Å². The summed E-state index contributed by atoms with van der Waals surface area (Å²) in [5.74, 6) is -0.104. The SMILES string of the molecule is CCC(CC)(CO)CNC(=O)c1sc(N(C)C)nc1C. The van der Waals surface area contributed by atoms with Gasteiger partial charge < -0.3 is 15.3 Å². The maximum Gasteiger partial charge on any atom is 0.263 e. The van der Waals surface area contributed by atoms with Crippen molar-refractivity contribution in [3.8, 4) is 0 Å². The van der Waals surface area contributed by atoms with E-state index in [2.05, 4.69) is 10.3 Å². The number of amides is 1. The number of carbonyl (C=O) groups is 1. The monoisotopic (exact) mass is 299 g/mol. The lowest BCUT2D eigenvalue weighted by Gasteiger charge is -2.29. The molecule has 0 saturated carbocycles. The summed E-state index contributed by atoms with van der Waals surface area (Å²) in [4.78, 5) is 19.2. The highest BCUT2D eigenvalue weighted by Crippen LogP contribution is 2.26. The molecule has 5 nitrogen and oxygen atoms in total. The Morgan fingerprint density at radius 3 is 2.40 bits per heavy atom. The van der Waals surface area contributed by atoms with Gasteiger partial charge in [0.05, 0.1) is 12.3 Å². The summed E-state index contributed by atoms with van der Waals surface area (Å²) in [6.45, 7) is 6.49. The summed E-state index contributed by atoms with van der Waals surface area (Å²) >= 11 is 1.39. The number of aromatic nitrogens is 1. The second kappa shape index (κ2) is 7.04. The van der Waals surface area contributed by atoms with Gasteiger partial charge in [-0.1, -0.05) is 25.2 Å². The number of nitrogens with one attached hydrogen (secondary N) is 1. The molecule has 0 unspecified atom stereocenters. The maximum atomic E-state index is 12.3. The lowest BCUT2D eigenvalue weighted by Crippen LogP contribution is -2.39. The lowest BCUT2D eigenvalue weighted by molar-refractivity contribution is 0.0854. The third kappa shape index (κ3) is 3.70. The predicted molar refractivity (Wildman–Crippen MR) is 83.6 cm³/mol. The first kappa shape index (κ1) is 16.9. The molecule has 1 amide bonds.